The molecule has 108 valence electrons. The lowest BCUT2D eigenvalue weighted by Crippen LogP contribution is -2.15. The minimum atomic E-state index is -0.0422. The zero-order valence-electron chi connectivity index (χ0n) is 12.6. The van der Waals surface area contributed by atoms with Crippen molar-refractivity contribution in [2.24, 2.45) is 11.8 Å². The molecule has 3 atom stereocenters. The fourth-order valence-electron chi connectivity index (χ4n) is 3.48. The summed E-state index contributed by atoms with van der Waals surface area (Å²) in [5.74, 6) is 2.60. The minimum Gasteiger partial charge on any atom is -0.326 e. The van der Waals surface area contributed by atoms with Crippen LogP contribution in [0.4, 0.5) is 0 Å². The molecule has 0 radical (unpaired) electrons. The zero-order chi connectivity index (χ0) is 14.3. The maximum absolute atomic E-state index is 6.36. The molecule has 0 aliphatic heterocycles. The molecule has 0 spiro atoms. The second-order valence-electron chi connectivity index (χ2n) is 6.36. The lowest BCUT2D eigenvalue weighted by Gasteiger charge is -2.19. The smallest absolute Gasteiger partial charge is 0.127 e. The summed E-state index contributed by atoms with van der Waals surface area (Å²) in [6.07, 6.45) is 4.06. The van der Waals surface area contributed by atoms with Gasteiger partial charge in [-0.3, -0.25) is 0 Å². The first-order valence-corrected chi connectivity index (χ1v) is 8.10. The summed E-state index contributed by atoms with van der Waals surface area (Å²) in [7, 11) is 0. The summed E-state index contributed by atoms with van der Waals surface area (Å²) in [4.78, 5) is 4.77. The van der Waals surface area contributed by atoms with Crippen LogP contribution in [0.25, 0.3) is 11.0 Å². The van der Waals surface area contributed by atoms with Gasteiger partial charge in [-0.1, -0.05) is 25.8 Å². The number of hydrogen-bond donors (Lipinski definition) is 0. The van der Waals surface area contributed by atoms with E-state index in [1.807, 2.05) is 6.92 Å². The van der Waals surface area contributed by atoms with Gasteiger partial charge in [0.2, 0.25) is 0 Å². The second-order valence-corrected chi connectivity index (χ2v) is 7.01. The molecular formula is C17H23ClN2. The van der Waals surface area contributed by atoms with E-state index in [1.165, 1.54) is 30.3 Å². The Hall–Kier alpha value is -1.02. The van der Waals surface area contributed by atoms with Crippen molar-refractivity contribution in [3.8, 4) is 0 Å². The van der Waals surface area contributed by atoms with Crippen LogP contribution in [0.1, 0.15) is 49.9 Å². The number of aryl methyl sites for hydroxylation is 1. The molecular weight excluding hydrogens is 268 g/mol. The molecule has 2 aromatic rings. The third-order valence-electron chi connectivity index (χ3n) is 4.75. The van der Waals surface area contributed by atoms with Gasteiger partial charge in [0, 0.05) is 6.54 Å². The van der Waals surface area contributed by atoms with Gasteiger partial charge in [0.05, 0.1) is 16.4 Å². The van der Waals surface area contributed by atoms with E-state index in [-0.39, 0.29) is 5.38 Å². The van der Waals surface area contributed by atoms with E-state index < -0.39 is 0 Å². The van der Waals surface area contributed by atoms with Crippen LogP contribution in [-0.2, 0) is 6.54 Å². The standard InChI is InChI=1S/C17H23ClN2/c1-11-7-8-16-15(9-11)19-17(13(3)18)20(16)10-14-6-4-5-12(14)2/h7-9,12-14H,4-6,10H2,1-3H3. The molecule has 0 bridgehead atoms. The Labute approximate surface area is 126 Å². The van der Waals surface area contributed by atoms with Gasteiger partial charge < -0.3 is 4.57 Å². The third kappa shape index (κ3) is 2.46. The first-order valence-electron chi connectivity index (χ1n) is 7.67. The van der Waals surface area contributed by atoms with Gasteiger partial charge in [0.1, 0.15) is 5.82 Å². The molecule has 1 aromatic heterocycles. The van der Waals surface area contributed by atoms with Crippen molar-refractivity contribution in [1.82, 2.24) is 9.55 Å². The van der Waals surface area contributed by atoms with Crippen molar-refractivity contribution in [1.29, 1.82) is 0 Å². The van der Waals surface area contributed by atoms with E-state index >= 15 is 0 Å². The van der Waals surface area contributed by atoms with Gasteiger partial charge >= 0.3 is 0 Å². The normalized spacial score (nSPS) is 24.4. The fourth-order valence-corrected chi connectivity index (χ4v) is 3.65. The number of nitrogens with zero attached hydrogens (tertiary/aromatic N) is 2. The third-order valence-corrected chi connectivity index (χ3v) is 4.94. The molecule has 1 aliphatic rings. The molecule has 2 nitrogen and oxygen atoms in total. The van der Waals surface area contributed by atoms with Crippen LogP contribution in [0.3, 0.4) is 0 Å². The largest absolute Gasteiger partial charge is 0.326 e. The number of alkyl halides is 1. The van der Waals surface area contributed by atoms with Crippen molar-refractivity contribution in [2.75, 3.05) is 0 Å². The molecule has 0 amide bonds. The number of halogens is 1. The van der Waals surface area contributed by atoms with Crippen molar-refractivity contribution in [3.63, 3.8) is 0 Å². The van der Waals surface area contributed by atoms with Gasteiger partial charge in [-0.2, -0.15) is 0 Å². The maximum Gasteiger partial charge on any atom is 0.127 e. The molecule has 1 fully saturated rings. The SMILES string of the molecule is Cc1ccc2c(c1)nc(C(C)Cl)n2CC1CCCC1C. The maximum atomic E-state index is 6.36. The highest BCUT2D eigenvalue weighted by atomic mass is 35.5. The van der Waals surface area contributed by atoms with Gasteiger partial charge in [-0.25, -0.2) is 4.98 Å². The van der Waals surface area contributed by atoms with E-state index in [4.69, 9.17) is 16.6 Å². The molecule has 20 heavy (non-hydrogen) atoms. The monoisotopic (exact) mass is 290 g/mol. The van der Waals surface area contributed by atoms with E-state index in [0.29, 0.717) is 0 Å². The van der Waals surface area contributed by atoms with Gasteiger partial charge in [-0.05, 0) is 49.8 Å². The Kier molecular flexibility index (Phi) is 3.76. The van der Waals surface area contributed by atoms with Gasteiger partial charge in [0.25, 0.3) is 0 Å². The Morgan fingerprint density at radius 1 is 1.40 bits per heavy atom. The highest BCUT2D eigenvalue weighted by Gasteiger charge is 2.26. The molecule has 1 aromatic carbocycles. The molecule has 3 unspecified atom stereocenters. The zero-order valence-corrected chi connectivity index (χ0v) is 13.3. The second kappa shape index (κ2) is 5.40. The van der Waals surface area contributed by atoms with Crippen LogP contribution in [0.15, 0.2) is 18.2 Å². The molecule has 0 N–H and O–H groups in total. The highest BCUT2D eigenvalue weighted by molar-refractivity contribution is 6.20. The van der Waals surface area contributed by atoms with Crippen LogP contribution in [0.5, 0.6) is 0 Å². The topological polar surface area (TPSA) is 17.8 Å². The highest BCUT2D eigenvalue weighted by Crippen LogP contribution is 2.35. The number of benzene rings is 1. The fraction of sp³-hybridized carbons (Fsp3) is 0.588. The number of rotatable bonds is 3. The van der Waals surface area contributed by atoms with Crippen LogP contribution in [0.2, 0.25) is 0 Å². The predicted molar refractivity (Wildman–Crippen MR) is 85.2 cm³/mol. The molecule has 3 rings (SSSR count). The average molecular weight is 291 g/mol. The first kappa shape index (κ1) is 13.9. The van der Waals surface area contributed by atoms with E-state index in [0.717, 1.165) is 29.7 Å². The summed E-state index contributed by atoms with van der Waals surface area (Å²) in [6.45, 7) is 7.57. The van der Waals surface area contributed by atoms with Crippen molar-refractivity contribution < 1.29 is 0 Å². The van der Waals surface area contributed by atoms with Crippen LogP contribution in [0, 0.1) is 18.8 Å². The summed E-state index contributed by atoms with van der Waals surface area (Å²) in [5.41, 5.74) is 3.57. The van der Waals surface area contributed by atoms with Crippen molar-refractivity contribution >= 4 is 22.6 Å². The van der Waals surface area contributed by atoms with Crippen LogP contribution >= 0.6 is 11.6 Å². The summed E-state index contributed by atoms with van der Waals surface area (Å²) >= 11 is 6.36. The lowest BCUT2D eigenvalue weighted by atomic mass is 9.98. The Morgan fingerprint density at radius 2 is 2.20 bits per heavy atom. The molecule has 3 heteroatoms. The van der Waals surface area contributed by atoms with E-state index in [9.17, 15) is 0 Å². The van der Waals surface area contributed by atoms with Crippen LogP contribution in [-0.4, -0.2) is 9.55 Å². The summed E-state index contributed by atoms with van der Waals surface area (Å²) in [6, 6.07) is 6.52. The number of fused-ring (bicyclic) bond motifs is 1. The minimum absolute atomic E-state index is 0.0422. The predicted octanol–water partition coefficient (Wildman–Crippen LogP) is 5.08. The Balaban J connectivity index is 2.04. The molecule has 1 heterocycles. The summed E-state index contributed by atoms with van der Waals surface area (Å²) < 4.78 is 2.36. The molecule has 1 aliphatic carbocycles. The number of imidazole rings is 1. The average Bonchev–Trinajstić information content (AvgIpc) is 2.95. The van der Waals surface area contributed by atoms with E-state index in [1.54, 1.807) is 0 Å². The quantitative estimate of drug-likeness (QED) is 0.721. The molecule has 0 saturated heterocycles. The lowest BCUT2D eigenvalue weighted by molar-refractivity contribution is 0.363. The van der Waals surface area contributed by atoms with Crippen molar-refractivity contribution in [3.05, 3.63) is 29.6 Å². The number of hydrogen-bond acceptors (Lipinski definition) is 1. The molecule has 1 saturated carbocycles. The Morgan fingerprint density at radius 3 is 2.85 bits per heavy atom. The van der Waals surface area contributed by atoms with Crippen LogP contribution < -0.4 is 0 Å². The van der Waals surface area contributed by atoms with E-state index in [2.05, 4.69) is 36.6 Å². The van der Waals surface area contributed by atoms with Crippen molar-refractivity contribution in [2.45, 2.75) is 52.0 Å². The Bertz CT molecular complexity index is 615. The van der Waals surface area contributed by atoms with Gasteiger partial charge in [0.15, 0.2) is 0 Å². The number of aromatic nitrogens is 2. The first-order chi connectivity index (χ1) is 9.56. The summed E-state index contributed by atoms with van der Waals surface area (Å²) in [5, 5.41) is -0.0422. The van der Waals surface area contributed by atoms with Gasteiger partial charge in [-0.15, -0.1) is 11.6 Å².